The molecule has 0 aliphatic carbocycles. The van der Waals surface area contributed by atoms with Crippen molar-refractivity contribution in [1.82, 2.24) is 10.2 Å². The van der Waals surface area contributed by atoms with Gasteiger partial charge in [-0.25, -0.2) is 0 Å². The fourth-order valence-corrected chi connectivity index (χ4v) is 3.49. The highest BCUT2D eigenvalue weighted by Gasteiger charge is 2.35. The lowest BCUT2D eigenvalue weighted by molar-refractivity contribution is 0.0196. The molecule has 2 heterocycles. The molecule has 0 aromatic rings. The van der Waals surface area contributed by atoms with E-state index in [1.807, 2.05) is 0 Å². The van der Waals surface area contributed by atoms with Crippen LogP contribution in [0.3, 0.4) is 0 Å². The second-order valence-corrected chi connectivity index (χ2v) is 8.20. The molecule has 0 spiro atoms. The van der Waals surface area contributed by atoms with E-state index in [4.69, 9.17) is 4.74 Å². The molecule has 0 bridgehead atoms. The maximum Gasteiger partial charge on any atom is 0.0702 e. The summed E-state index contributed by atoms with van der Waals surface area (Å²) in [6.45, 7) is 16.1. The van der Waals surface area contributed by atoms with Crippen LogP contribution < -0.4 is 5.32 Å². The molecule has 2 rings (SSSR count). The van der Waals surface area contributed by atoms with Crippen molar-refractivity contribution in [3.05, 3.63) is 0 Å². The van der Waals surface area contributed by atoms with Crippen molar-refractivity contribution in [3.63, 3.8) is 0 Å². The predicted molar refractivity (Wildman–Crippen MR) is 85.0 cm³/mol. The van der Waals surface area contributed by atoms with Gasteiger partial charge in [-0.2, -0.15) is 0 Å². The highest BCUT2D eigenvalue weighted by Crippen LogP contribution is 2.26. The Morgan fingerprint density at radius 3 is 2.60 bits per heavy atom. The Labute approximate surface area is 125 Å². The third-order valence-corrected chi connectivity index (χ3v) is 4.78. The smallest absolute Gasteiger partial charge is 0.0702 e. The molecule has 0 radical (unpaired) electrons. The molecule has 118 valence electrons. The lowest BCUT2D eigenvalue weighted by atomic mass is 9.84. The van der Waals surface area contributed by atoms with Gasteiger partial charge in [0.25, 0.3) is 0 Å². The fraction of sp³-hybridized carbons (Fsp3) is 1.00. The topological polar surface area (TPSA) is 24.5 Å². The van der Waals surface area contributed by atoms with E-state index in [-0.39, 0.29) is 0 Å². The molecule has 0 aromatic heterocycles. The number of nitrogens with zero attached hydrogens (tertiary/aromatic N) is 1. The molecule has 1 N–H and O–H groups in total. The molecule has 20 heavy (non-hydrogen) atoms. The Bertz CT molecular complexity index is 292. The molecule has 2 aliphatic heterocycles. The SMILES string of the molecule is CC(C)CC1CNC(C(C)(C)C)CN1CC1CCCO1. The third-order valence-electron chi connectivity index (χ3n) is 4.78. The molecule has 0 amide bonds. The highest BCUT2D eigenvalue weighted by molar-refractivity contribution is 4.93. The molecular formula is C17H34N2O. The minimum absolute atomic E-state index is 0.331. The first-order chi connectivity index (χ1) is 9.36. The average Bonchev–Trinajstić information content (AvgIpc) is 2.82. The van der Waals surface area contributed by atoms with Crippen LogP contribution in [0.2, 0.25) is 0 Å². The first-order valence-electron chi connectivity index (χ1n) is 8.45. The molecule has 3 nitrogen and oxygen atoms in total. The van der Waals surface area contributed by atoms with Crippen molar-refractivity contribution in [2.24, 2.45) is 11.3 Å². The summed E-state index contributed by atoms with van der Waals surface area (Å²) in [6, 6.07) is 1.27. The van der Waals surface area contributed by atoms with E-state index >= 15 is 0 Å². The van der Waals surface area contributed by atoms with Crippen molar-refractivity contribution in [2.75, 3.05) is 26.2 Å². The van der Waals surface area contributed by atoms with Crippen LogP contribution in [-0.2, 0) is 4.74 Å². The van der Waals surface area contributed by atoms with Crippen LogP contribution in [-0.4, -0.2) is 49.3 Å². The molecule has 2 fully saturated rings. The Kier molecular flexibility index (Phi) is 5.49. The van der Waals surface area contributed by atoms with Crippen molar-refractivity contribution < 1.29 is 4.74 Å². The molecule has 3 atom stereocenters. The maximum atomic E-state index is 5.87. The maximum absolute atomic E-state index is 5.87. The second-order valence-electron chi connectivity index (χ2n) is 8.20. The minimum Gasteiger partial charge on any atom is -0.377 e. The van der Waals surface area contributed by atoms with Gasteiger partial charge in [-0.1, -0.05) is 34.6 Å². The van der Waals surface area contributed by atoms with E-state index in [2.05, 4.69) is 44.8 Å². The zero-order valence-electron chi connectivity index (χ0n) is 14.1. The van der Waals surface area contributed by atoms with Crippen molar-refractivity contribution in [2.45, 2.75) is 72.1 Å². The number of rotatable bonds is 4. The largest absolute Gasteiger partial charge is 0.377 e. The van der Waals surface area contributed by atoms with Gasteiger partial charge < -0.3 is 10.1 Å². The number of nitrogens with one attached hydrogen (secondary N) is 1. The molecule has 0 saturated carbocycles. The van der Waals surface area contributed by atoms with Crippen LogP contribution in [0.25, 0.3) is 0 Å². The molecule has 3 heteroatoms. The fourth-order valence-electron chi connectivity index (χ4n) is 3.49. The van der Waals surface area contributed by atoms with Crippen LogP contribution in [0.1, 0.15) is 53.9 Å². The molecule has 2 saturated heterocycles. The Hall–Kier alpha value is -0.120. The lowest BCUT2D eigenvalue weighted by Gasteiger charge is -2.46. The summed E-state index contributed by atoms with van der Waals surface area (Å²) in [5.74, 6) is 0.764. The summed E-state index contributed by atoms with van der Waals surface area (Å²) >= 11 is 0. The van der Waals surface area contributed by atoms with Crippen LogP contribution in [0.15, 0.2) is 0 Å². The van der Waals surface area contributed by atoms with Gasteiger partial charge >= 0.3 is 0 Å². The van der Waals surface area contributed by atoms with Gasteiger partial charge in [-0.05, 0) is 30.6 Å². The van der Waals surface area contributed by atoms with Crippen LogP contribution in [0, 0.1) is 11.3 Å². The summed E-state index contributed by atoms with van der Waals surface area (Å²) < 4.78 is 5.87. The quantitative estimate of drug-likeness (QED) is 0.858. The predicted octanol–water partition coefficient (Wildman–Crippen LogP) is 2.90. The van der Waals surface area contributed by atoms with Gasteiger partial charge in [0.1, 0.15) is 0 Å². The first kappa shape index (κ1) is 16.3. The normalized spacial score (nSPS) is 33.0. The van der Waals surface area contributed by atoms with Gasteiger partial charge in [0.05, 0.1) is 6.10 Å². The molecule has 0 aromatic carbocycles. The second kappa shape index (κ2) is 6.76. The van der Waals surface area contributed by atoms with Gasteiger partial charge in [0.15, 0.2) is 0 Å². The summed E-state index contributed by atoms with van der Waals surface area (Å²) in [5, 5.41) is 3.79. The Morgan fingerprint density at radius 2 is 2.05 bits per heavy atom. The van der Waals surface area contributed by atoms with E-state index in [0.29, 0.717) is 23.6 Å². The van der Waals surface area contributed by atoms with E-state index in [0.717, 1.165) is 25.6 Å². The van der Waals surface area contributed by atoms with Gasteiger partial charge in [0.2, 0.25) is 0 Å². The van der Waals surface area contributed by atoms with E-state index < -0.39 is 0 Å². The lowest BCUT2D eigenvalue weighted by Crippen LogP contribution is -2.61. The van der Waals surface area contributed by atoms with Crippen LogP contribution in [0.5, 0.6) is 0 Å². The molecular weight excluding hydrogens is 248 g/mol. The molecule has 2 aliphatic rings. The average molecular weight is 282 g/mol. The van der Waals surface area contributed by atoms with E-state index in [1.54, 1.807) is 0 Å². The van der Waals surface area contributed by atoms with Crippen molar-refractivity contribution >= 4 is 0 Å². The Balaban J connectivity index is 1.98. The van der Waals surface area contributed by atoms with Gasteiger partial charge in [-0.15, -0.1) is 0 Å². The number of hydrogen-bond acceptors (Lipinski definition) is 3. The van der Waals surface area contributed by atoms with Gasteiger partial charge in [-0.3, -0.25) is 4.90 Å². The summed E-state index contributed by atoms with van der Waals surface area (Å²) in [5.41, 5.74) is 0.331. The minimum atomic E-state index is 0.331. The summed E-state index contributed by atoms with van der Waals surface area (Å²) in [6.07, 6.45) is 4.26. The van der Waals surface area contributed by atoms with Crippen molar-refractivity contribution in [1.29, 1.82) is 0 Å². The number of hydrogen-bond donors (Lipinski definition) is 1. The first-order valence-corrected chi connectivity index (χ1v) is 8.45. The zero-order valence-corrected chi connectivity index (χ0v) is 14.1. The standard InChI is InChI=1S/C17H34N2O/c1-13(2)9-14-10-18-16(17(3,4)5)12-19(14)11-15-7-6-8-20-15/h13-16,18H,6-12H2,1-5H3. The number of ether oxygens (including phenoxy) is 1. The van der Waals surface area contributed by atoms with Crippen molar-refractivity contribution in [3.8, 4) is 0 Å². The Morgan fingerprint density at radius 1 is 1.30 bits per heavy atom. The summed E-state index contributed by atoms with van der Waals surface area (Å²) in [4.78, 5) is 2.71. The zero-order chi connectivity index (χ0) is 14.8. The third kappa shape index (κ3) is 4.44. The monoisotopic (exact) mass is 282 g/mol. The summed E-state index contributed by atoms with van der Waals surface area (Å²) in [7, 11) is 0. The van der Waals surface area contributed by atoms with Crippen LogP contribution >= 0.6 is 0 Å². The van der Waals surface area contributed by atoms with Gasteiger partial charge in [0, 0.05) is 38.3 Å². The van der Waals surface area contributed by atoms with Crippen LogP contribution in [0.4, 0.5) is 0 Å². The molecule has 3 unspecified atom stereocenters. The highest BCUT2D eigenvalue weighted by atomic mass is 16.5. The van der Waals surface area contributed by atoms with E-state index in [1.165, 1.54) is 25.8 Å². The number of piperazine rings is 1. The van der Waals surface area contributed by atoms with E-state index in [9.17, 15) is 0 Å².